The molecule has 0 bridgehead atoms. The Kier molecular flexibility index (Phi) is 3.48. The van der Waals surface area contributed by atoms with Crippen LogP contribution in [0.25, 0.3) is 0 Å². The maximum absolute atomic E-state index is 5.68. The summed E-state index contributed by atoms with van der Waals surface area (Å²) in [4.78, 5) is 3.89. The molecule has 1 aromatic rings. The molecular formula is C8H15N5. The van der Waals surface area contributed by atoms with Crippen LogP contribution in [-0.4, -0.2) is 17.8 Å². The van der Waals surface area contributed by atoms with Crippen LogP contribution >= 0.6 is 0 Å². The first-order chi connectivity index (χ1) is 6.24. The Labute approximate surface area is 77.5 Å². The first kappa shape index (κ1) is 9.76. The first-order valence-electron chi connectivity index (χ1n) is 4.13. The molecule has 5 heteroatoms. The maximum Gasteiger partial charge on any atom is 0.0749 e. The lowest BCUT2D eigenvalue weighted by atomic mass is 10.3. The van der Waals surface area contributed by atoms with Crippen LogP contribution in [-0.2, 0) is 0 Å². The Morgan fingerprint density at radius 1 is 1.62 bits per heavy atom. The number of nitrogens with one attached hydrogen (secondary N) is 2. The van der Waals surface area contributed by atoms with Crippen LogP contribution in [0.3, 0.4) is 0 Å². The topological polar surface area (TPSA) is 89.0 Å². The Morgan fingerprint density at radius 3 is 3.00 bits per heavy atom. The third-order valence-corrected chi connectivity index (χ3v) is 1.65. The number of nitrogens with zero attached hydrogens (tertiary/aromatic N) is 1. The van der Waals surface area contributed by atoms with Crippen LogP contribution in [0.4, 0.5) is 11.4 Å². The van der Waals surface area contributed by atoms with E-state index in [-0.39, 0.29) is 6.17 Å². The van der Waals surface area contributed by atoms with E-state index in [0.29, 0.717) is 12.4 Å². The fourth-order valence-electron chi connectivity index (χ4n) is 0.999. The minimum Gasteiger partial charge on any atom is -0.396 e. The molecule has 72 valence electrons. The fourth-order valence-corrected chi connectivity index (χ4v) is 0.999. The highest BCUT2D eigenvalue weighted by molar-refractivity contribution is 5.64. The lowest BCUT2D eigenvalue weighted by Gasteiger charge is -2.16. The molecule has 0 aromatic carbocycles. The number of hydrogen-bond donors (Lipinski definition) is 4. The number of pyridine rings is 1. The monoisotopic (exact) mass is 181 g/mol. The molecule has 0 spiro atoms. The van der Waals surface area contributed by atoms with E-state index in [2.05, 4.69) is 15.6 Å². The summed E-state index contributed by atoms with van der Waals surface area (Å²) in [5.74, 6) is 0. The average molecular weight is 181 g/mol. The molecule has 0 radical (unpaired) electrons. The lowest BCUT2D eigenvalue weighted by Crippen LogP contribution is -2.37. The Balaban J connectivity index is 2.58. The van der Waals surface area contributed by atoms with Gasteiger partial charge in [0.05, 0.1) is 23.7 Å². The zero-order chi connectivity index (χ0) is 9.68. The van der Waals surface area contributed by atoms with E-state index in [1.165, 1.54) is 0 Å². The van der Waals surface area contributed by atoms with Gasteiger partial charge in [-0.15, -0.1) is 0 Å². The van der Waals surface area contributed by atoms with E-state index < -0.39 is 0 Å². The van der Waals surface area contributed by atoms with Crippen molar-refractivity contribution in [1.82, 2.24) is 10.3 Å². The average Bonchev–Trinajstić information content (AvgIpc) is 2.09. The molecule has 5 nitrogen and oxygen atoms in total. The van der Waals surface area contributed by atoms with E-state index in [0.717, 1.165) is 5.69 Å². The van der Waals surface area contributed by atoms with Gasteiger partial charge in [0, 0.05) is 12.9 Å². The normalized spacial score (nSPS) is 12.5. The van der Waals surface area contributed by atoms with E-state index in [1.807, 2.05) is 13.0 Å². The summed E-state index contributed by atoms with van der Waals surface area (Å²) in [6.07, 6.45) is 3.39. The summed E-state index contributed by atoms with van der Waals surface area (Å²) in [6, 6.07) is 1.82. The van der Waals surface area contributed by atoms with Gasteiger partial charge in [-0.3, -0.25) is 10.3 Å². The molecule has 1 unspecified atom stereocenters. The van der Waals surface area contributed by atoms with Crippen molar-refractivity contribution in [3.63, 3.8) is 0 Å². The Hall–Kier alpha value is -1.33. The standard InChI is InChI=1S/C8H15N5/c1-6(12-5-9)13-8-2-3-11-4-7(8)10/h2-4,6,12H,5,9-10H2,1H3,(H,11,13). The van der Waals surface area contributed by atoms with Crippen molar-refractivity contribution in [3.05, 3.63) is 18.5 Å². The number of nitrogens with two attached hydrogens (primary N) is 2. The smallest absolute Gasteiger partial charge is 0.0749 e. The second kappa shape index (κ2) is 4.64. The minimum atomic E-state index is 0.0923. The van der Waals surface area contributed by atoms with Crippen molar-refractivity contribution in [2.45, 2.75) is 13.1 Å². The first-order valence-corrected chi connectivity index (χ1v) is 4.13. The van der Waals surface area contributed by atoms with Crippen LogP contribution < -0.4 is 22.1 Å². The summed E-state index contributed by atoms with van der Waals surface area (Å²) < 4.78 is 0. The highest BCUT2D eigenvalue weighted by atomic mass is 15.1. The summed E-state index contributed by atoms with van der Waals surface area (Å²) in [7, 11) is 0. The Bertz CT molecular complexity index is 262. The number of nitrogen functional groups attached to an aromatic ring is 1. The van der Waals surface area contributed by atoms with E-state index in [4.69, 9.17) is 11.5 Å². The lowest BCUT2D eigenvalue weighted by molar-refractivity contribution is 0.614. The van der Waals surface area contributed by atoms with E-state index in [1.54, 1.807) is 12.4 Å². The van der Waals surface area contributed by atoms with Gasteiger partial charge in [0.1, 0.15) is 0 Å². The molecule has 0 fully saturated rings. The van der Waals surface area contributed by atoms with Gasteiger partial charge >= 0.3 is 0 Å². The van der Waals surface area contributed by atoms with Gasteiger partial charge in [-0.05, 0) is 13.0 Å². The van der Waals surface area contributed by atoms with Crippen molar-refractivity contribution in [1.29, 1.82) is 0 Å². The summed E-state index contributed by atoms with van der Waals surface area (Å²) in [6.45, 7) is 2.39. The molecular weight excluding hydrogens is 166 g/mol. The number of aromatic nitrogens is 1. The zero-order valence-corrected chi connectivity index (χ0v) is 7.62. The van der Waals surface area contributed by atoms with E-state index >= 15 is 0 Å². The van der Waals surface area contributed by atoms with Gasteiger partial charge in [-0.2, -0.15) is 0 Å². The zero-order valence-electron chi connectivity index (χ0n) is 7.62. The van der Waals surface area contributed by atoms with Crippen molar-refractivity contribution in [2.75, 3.05) is 17.7 Å². The van der Waals surface area contributed by atoms with Crippen LogP contribution in [0.5, 0.6) is 0 Å². The van der Waals surface area contributed by atoms with Gasteiger partial charge in [-0.1, -0.05) is 0 Å². The molecule has 1 heterocycles. The minimum absolute atomic E-state index is 0.0923. The summed E-state index contributed by atoms with van der Waals surface area (Å²) in [5, 5.41) is 6.17. The third kappa shape index (κ3) is 2.89. The molecule has 1 aromatic heterocycles. The van der Waals surface area contributed by atoms with Gasteiger partial charge < -0.3 is 16.8 Å². The highest BCUT2D eigenvalue weighted by Gasteiger charge is 2.01. The van der Waals surface area contributed by atoms with Crippen molar-refractivity contribution in [2.24, 2.45) is 5.73 Å². The molecule has 0 saturated heterocycles. The third-order valence-electron chi connectivity index (χ3n) is 1.65. The maximum atomic E-state index is 5.68. The largest absolute Gasteiger partial charge is 0.396 e. The quantitative estimate of drug-likeness (QED) is 0.488. The summed E-state index contributed by atoms with van der Waals surface area (Å²) >= 11 is 0. The van der Waals surface area contributed by atoms with Crippen LogP contribution in [0.1, 0.15) is 6.92 Å². The number of anilines is 2. The van der Waals surface area contributed by atoms with Crippen molar-refractivity contribution in [3.8, 4) is 0 Å². The molecule has 0 aliphatic rings. The van der Waals surface area contributed by atoms with Crippen LogP contribution in [0.2, 0.25) is 0 Å². The van der Waals surface area contributed by atoms with Crippen molar-refractivity contribution >= 4 is 11.4 Å². The van der Waals surface area contributed by atoms with Crippen LogP contribution in [0, 0.1) is 0 Å². The second-order valence-corrected chi connectivity index (χ2v) is 2.74. The van der Waals surface area contributed by atoms with Gasteiger partial charge in [-0.25, -0.2) is 0 Å². The molecule has 0 aliphatic carbocycles. The fraction of sp³-hybridized carbons (Fsp3) is 0.375. The molecule has 1 atom stereocenters. The molecule has 0 amide bonds. The van der Waals surface area contributed by atoms with Gasteiger partial charge in [0.15, 0.2) is 0 Å². The Morgan fingerprint density at radius 2 is 2.38 bits per heavy atom. The van der Waals surface area contributed by atoms with Gasteiger partial charge in [0.25, 0.3) is 0 Å². The molecule has 13 heavy (non-hydrogen) atoms. The van der Waals surface area contributed by atoms with E-state index in [9.17, 15) is 0 Å². The highest BCUT2D eigenvalue weighted by Crippen LogP contribution is 2.15. The number of rotatable bonds is 4. The van der Waals surface area contributed by atoms with Gasteiger partial charge in [0.2, 0.25) is 0 Å². The molecule has 6 N–H and O–H groups in total. The summed E-state index contributed by atoms with van der Waals surface area (Å²) in [5.41, 5.74) is 12.5. The second-order valence-electron chi connectivity index (χ2n) is 2.74. The van der Waals surface area contributed by atoms with Crippen molar-refractivity contribution < 1.29 is 0 Å². The molecule has 0 aliphatic heterocycles. The number of hydrogen-bond acceptors (Lipinski definition) is 5. The predicted octanol–water partition coefficient (Wildman–Crippen LogP) is -0.0725. The molecule has 1 rings (SSSR count). The molecule has 0 saturated carbocycles. The van der Waals surface area contributed by atoms with Crippen LogP contribution in [0.15, 0.2) is 18.5 Å². The SMILES string of the molecule is CC(NCN)Nc1ccncc1N. The predicted molar refractivity (Wildman–Crippen MR) is 53.9 cm³/mol.